The van der Waals surface area contributed by atoms with Crippen LogP contribution >= 0.6 is 11.6 Å². The molecule has 16 heavy (non-hydrogen) atoms. The Morgan fingerprint density at radius 1 is 1.38 bits per heavy atom. The second-order valence-electron chi connectivity index (χ2n) is 4.69. The molecule has 2 rings (SSSR count). The van der Waals surface area contributed by atoms with Crippen molar-refractivity contribution >= 4 is 11.6 Å². The van der Waals surface area contributed by atoms with Crippen LogP contribution in [0.1, 0.15) is 43.7 Å². The van der Waals surface area contributed by atoms with E-state index >= 15 is 0 Å². The van der Waals surface area contributed by atoms with E-state index in [-0.39, 0.29) is 11.3 Å². The molecule has 1 aromatic carbocycles. The SMILES string of the molecule is CCc1cc(Cl)c(O)c(C2(N)CCCC2)c1. The van der Waals surface area contributed by atoms with Gasteiger partial charge in [-0.25, -0.2) is 0 Å². The summed E-state index contributed by atoms with van der Waals surface area (Å²) in [4.78, 5) is 0. The molecule has 0 heterocycles. The van der Waals surface area contributed by atoms with Gasteiger partial charge in [-0.05, 0) is 30.9 Å². The van der Waals surface area contributed by atoms with Crippen LogP contribution in [0.2, 0.25) is 5.02 Å². The van der Waals surface area contributed by atoms with Gasteiger partial charge in [0.05, 0.1) is 5.02 Å². The minimum atomic E-state index is -0.376. The first kappa shape index (κ1) is 11.7. The Balaban J connectivity index is 2.50. The second kappa shape index (κ2) is 4.27. The van der Waals surface area contributed by atoms with E-state index in [0.29, 0.717) is 5.02 Å². The Labute approximate surface area is 101 Å². The third-order valence-electron chi connectivity index (χ3n) is 3.56. The second-order valence-corrected chi connectivity index (χ2v) is 5.10. The third-order valence-corrected chi connectivity index (χ3v) is 3.85. The summed E-state index contributed by atoms with van der Waals surface area (Å²) in [5.41, 5.74) is 7.94. The van der Waals surface area contributed by atoms with Gasteiger partial charge in [0.2, 0.25) is 0 Å². The highest BCUT2D eigenvalue weighted by Crippen LogP contribution is 2.43. The van der Waals surface area contributed by atoms with Gasteiger partial charge in [-0.3, -0.25) is 0 Å². The summed E-state index contributed by atoms with van der Waals surface area (Å²) in [6, 6.07) is 3.82. The summed E-state index contributed by atoms with van der Waals surface area (Å²) < 4.78 is 0. The van der Waals surface area contributed by atoms with Crippen LogP contribution in [0.5, 0.6) is 5.75 Å². The van der Waals surface area contributed by atoms with Gasteiger partial charge in [0.15, 0.2) is 0 Å². The quantitative estimate of drug-likeness (QED) is 0.832. The molecular weight excluding hydrogens is 222 g/mol. The van der Waals surface area contributed by atoms with E-state index in [2.05, 4.69) is 6.92 Å². The molecule has 0 radical (unpaired) electrons. The zero-order valence-electron chi connectivity index (χ0n) is 9.59. The van der Waals surface area contributed by atoms with Crippen LogP contribution < -0.4 is 5.73 Å². The molecule has 0 spiro atoms. The maximum atomic E-state index is 10.0. The molecule has 0 aliphatic heterocycles. The molecule has 1 fully saturated rings. The highest BCUT2D eigenvalue weighted by molar-refractivity contribution is 6.32. The lowest BCUT2D eigenvalue weighted by Crippen LogP contribution is -2.33. The summed E-state index contributed by atoms with van der Waals surface area (Å²) in [6.07, 6.45) is 5.03. The summed E-state index contributed by atoms with van der Waals surface area (Å²) in [5.74, 6) is 0.170. The molecule has 0 aromatic heterocycles. The largest absolute Gasteiger partial charge is 0.506 e. The van der Waals surface area contributed by atoms with Crippen molar-refractivity contribution < 1.29 is 5.11 Å². The van der Waals surface area contributed by atoms with Gasteiger partial charge in [-0.15, -0.1) is 0 Å². The number of halogens is 1. The van der Waals surface area contributed by atoms with Crippen molar-refractivity contribution in [3.8, 4) is 5.75 Å². The Morgan fingerprint density at radius 3 is 2.56 bits per heavy atom. The summed E-state index contributed by atoms with van der Waals surface area (Å²) in [7, 11) is 0. The maximum absolute atomic E-state index is 10.0. The zero-order chi connectivity index (χ0) is 11.8. The lowest BCUT2D eigenvalue weighted by molar-refractivity contribution is 0.409. The van der Waals surface area contributed by atoms with Crippen LogP contribution in [0.25, 0.3) is 0 Å². The summed E-state index contributed by atoms with van der Waals surface area (Å²) in [5, 5.41) is 10.5. The predicted octanol–water partition coefficient (Wildman–Crippen LogP) is 3.34. The molecule has 3 N–H and O–H groups in total. The fraction of sp³-hybridized carbons (Fsp3) is 0.538. The summed E-state index contributed by atoms with van der Waals surface area (Å²) in [6.45, 7) is 2.07. The first-order chi connectivity index (χ1) is 7.57. The van der Waals surface area contributed by atoms with Gasteiger partial charge in [-0.2, -0.15) is 0 Å². The van der Waals surface area contributed by atoms with Crippen molar-refractivity contribution in [3.63, 3.8) is 0 Å². The fourth-order valence-corrected chi connectivity index (χ4v) is 2.76. The van der Waals surface area contributed by atoms with E-state index in [9.17, 15) is 5.11 Å². The average molecular weight is 240 g/mol. The van der Waals surface area contributed by atoms with Crippen LogP contribution in [0.15, 0.2) is 12.1 Å². The minimum absolute atomic E-state index is 0.170. The van der Waals surface area contributed by atoms with Gasteiger partial charge < -0.3 is 10.8 Å². The summed E-state index contributed by atoms with van der Waals surface area (Å²) >= 11 is 6.03. The van der Waals surface area contributed by atoms with E-state index in [1.54, 1.807) is 0 Å². The lowest BCUT2D eigenvalue weighted by atomic mass is 9.87. The number of nitrogens with two attached hydrogens (primary N) is 1. The molecule has 1 saturated carbocycles. The van der Waals surface area contributed by atoms with Crippen LogP contribution in [0.4, 0.5) is 0 Å². The van der Waals surface area contributed by atoms with Crippen LogP contribution in [-0.4, -0.2) is 5.11 Å². The van der Waals surface area contributed by atoms with Crippen LogP contribution in [-0.2, 0) is 12.0 Å². The monoisotopic (exact) mass is 239 g/mol. The first-order valence-corrected chi connectivity index (χ1v) is 6.25. The third kappa shape index (κ3) is 1.92. The van der Waals surface area contributed by atoms with Gasteiger partial charge in [0, 0.05) is 11.1 Å². The van der Waals surface area contributed by atoms with Crippen molar-refractivity contribution in [2.75, 3.05) is 0 Å². The van der Waals surface area contributed by atoms with Gasteiger partial charge in [0.1, 0.15) is 5.75 Å². The highest BCUT2D eigenvalue weighted by atomic mass is 35.5. The molecule has 0 amide bonds. The van der Waals surface area contributed by atoms with Crippen molar-refractivity contribution in [1.82, 2.24) is 0 Å². The van der Waals surface area contributed by atoms with E-state index in [1.165, 1.54) is 0 Å². The standard InChI is InChI=1S/C13H18ClNO/c1-2-9-7-10(12(16)11(14)8-9)13(15)5-3-4-6-13/h7-8,16H,2-6,15H2,1H3. The molecule has 1 aliphatic rings. The molecule has 2 nitrogen and oxygen atoms in total. The van der Waals surface area contributed by atoms with Crippen molar-refractivity contribution in [1.29, 1.82) is 0 Å². The molecular formula is C13H18ClNO. The van der Waals surface area contributed by atoms with Crippen molar-refractivity contribution in [2.24, 2.45) is 5.73 Å². The number of rotatable bonds is 2. The molecule has 3 heteroatoms. The number of phenolic OH excluding ortho intramolecular Hbond substituents is 1. The average Bonchev–Trinajstić information content (AvgIpc) is 2.70. The number of aryl methyl sites for hydroxylation is 1. The Hall–Kier alpha value is -0.730. The van der Waals surface area contributed by atoms with Crippen LogP contribution in [0.3, 0.4) is 0 Å². The molecule has 1 aromatic rings. The van der Waals surface area contributed by atoms with Crippen LogP contribution in [0, 0.1) is 0 Å². The topological polar surface area (TPSA) is 46.2 Å². The van der Waals surface area contributed by atoms with Gasteiger partial charge >= 0.3 is 0 Å². The van der Waals surface area contributed by atoms with E-state index in [0.717, 1.165) is 43.2 Å². The molecule has 0 atom stereocenters. The van der Waals surface area contributed by atoms with E-state index < -0.39 is 0 Å². The van der Waals surface area contributed by atoms with Gasteiger partial charge in [0.25, 0.3) is 0 Å². The van der Waals surface area contributed by atoms with Crippen molar-refractivity contribution in [2.45, 2.75) is 44.6 Å². The van der Waals surface area contributed by atoms with E-state index in [4.69, 9.17) is 17.3 Å². The molecule has 0 unspecified atom stereocenters. The Kier molecular flexibility index (Phi) is 3.13. The Bertz CT molecular complexity index is 397. The fourth-order valence-electron chi connectivity index (χ4n) is 2.51. The Morgan fingerprint density at radius 2 is 2.00 bits per heavy atom. The number of benzene rings is 1. The van der Waals surface area contributed by atoms with Crippen molar-refractivity contribution in [3.05, 3.63) is 28.3 Å². The first-order valence-electron chi connectivity index (χ1n) is 5.87. The minimum Gasteiger partial charge on any atom is -0.506 e. The number of aromatic hydroxyl groups is 1. The molecule has 0 bridgehead atoms. The normalized spacial score (nSPS) is 18.9. The zero-order valence-corrected chi connectivity index (χ0v) is 10.3. The van der Waals surface area contributed by atoms with Gasteiger partial charge in [-0.1, -0.05) is 37.4 Å². The number of hydrogen-bond acceptors (Lipinski definition) is 2. The highest BCUT2D eigenvalue weighted by Gasteiger charge is 2.34. The molecule has 0 saturated heterocycles. The number of hydrogen-bond donors (Lipinski definition) is 2. The molecule has 88 valence electrons. The maximum Gasteiger partial charge on any atom is 0.139 e. The number of phenols is 1. The molecule has 1 aliphatic carbocycles. The predicted molar refractivity (Wildman–Crippen MR) is 66.8 cm³/mol. The smallest absolute Gasteiger partial charge is 0.139 e. The van der Waals surface area contributed by atoms with E-state index in [1.807, 2.05) is 12.1 Å². The lowest BCUT2D eigenvalue weighted by Gasteiger charge is -2.26.